The summed E-state index contributed by atoms with van der Waals surface area (Å²) in [6.07, 6.45) is -1.77. The maximum absolute atomic E-state index is 13.7. The number of carbonyl (C=O) groups excluding carboxylic acids is 2. The Morgan fingerprint density at radius 3 is 2.24 bits per heavy atom. The molecule has 0 spiro atoms. The topological polar surface area (TPSA) is 144 Å². The number of nitrogen functional groups attached to an aromatic ring is 1. The van der Waals surface area contributed by atoms with Gasteiger partial charge in [-0.15, -0.1) is 0 Å². The summed E-state index contributed by atoms with van der Waals surface area (Å²) in [5.74, 6) is -2.49. The number of carbonyl (C=O) groups is 2. The van der Waals surface area contributed by atoms with Crippen LogP contribution in [-0.4, -0.2) is 68.3 Å². The Bertz CT molecular complexity index is 1230. The molecule has 11 nitrogen and oxygen atoms in total. The molecule has 42 heavy (non-hydrogen) atoms. The summed E-state index contributed by atoms with van der Waals surface area (Å²) in [4.78, 5) is 34.2. The van der Waals surface area contributed by atoms with Crippen molar-refractivity contribution < 1.29 is 37.3 Å². The van der Waals surface area contributed by atoms with Gasteiger partial charge in [-0.2, -0.15) is 4.98 Å². The Morgan fingerprint density at radius 2 is 1.74 bits per heavy atom. The third-order valence-electron chi connectivity index (χ3n) is 5.63. The number of hydrogen-bond acceptors (Lipinski definition) is 10. The maximum atomic E-state index is 13.7. The van der Waals surface area contributed by atoms with E-state index in [9.17, 15) is 18.4 Å². The third-order valence-corrected chi connectivity index (χ3v) is 5.63. The SMILES string of the molecule is C=O.CNC(C)C(=O)OCc1ccccc1.COCC1CC(F)(F)C(n2ccc(N)nc2=O)O1.COc1ccccc1. The number of ether oxygens (including phenoxy) is 4. The second kappa shape index (κ2) is 19.0. The van der Waals surface area contributed by atoms with E-state index in [1.54, 1.807) is 21.1 Å². The molecule has 0 bridgehead atoms. The number of para-hydroxylation sites is 1. The zero-order valence-electron chi connectivity index (χ0n) is 24.1. The minimum atomic E-state index is -3.15. The number of benzene rings is 2. The molecule has 0 saturated carbocycles. The first-order valence-electron chi connectivity index (χ1n) is 12.7. The van der Waals surface area contributed by atoms with Crippen molar-refractivity contribution >= 4 is 18.6 Å². The Balaban J connectivity index is 0.000000326. The molecule has 0 radical (unpaired) electrons. The number of nitrogens with two attached hydrogens (primary N) is 1. The first kappa shape index (κ1) is 35.8. The average molecular weight is 593 g/mol. The molecule has 0 aliphatic carbocycles. The van der Waals surface area contributed by atoms with E-state index in [-0.39, 0.29) is 24.4 Å². The average Bonchev–Trinajstić information content (AvgIpc) is 3.31. The monoisotopic (exact) mass is 592 g/mol. The van der Waals surface area contributed by atoms with E-state index in [0.29, 0.717) is 6.61 Å². The van der Waals surface area contributed by atoms with E-state index in [1.165, 1.54) is 13.2 Å². The van der Waals surface area contributed by atoms with Gasteiger partial charge in [-0.3, -0.25) is 9.36 Å². The summed E-state index contributed by atoms with van der Waals surface area (Å²) in [7, 11) is 4.79. The van der Waals surface area contributed by atoms with Crippen molar-refractivity contribution in [1.29, 1.82) is 0 Å². The predicted molar refractivity (Wildman–Crippen MR) is 153 cm³/mol. The number of rotatable bonds is 8. The van der Waals surface area contributed by atoms with Crippen LogP contribution in [0.4, 0.5) is 14.6 Å². The van der Waals surface area contributed by atoms with Gasteiger partial charge in [-0.05, 0) is 37.7 Å². The van der Waals surface area contributed by atoms with Crippen LogP contribution in [0.3, 0.4) is 0 Å². The van der Waals surface area contributed by atoms with Crippen molar-refractivity contribution in [2.45, 2.75) is 44.2 Å². The molecule has 2 heterocycles. The maximum Gasteiger partial charge on any atom is 0.351 e. The van der Waals surface area contributed by atoms with Gasteiger partial charge in [-0.25, -0.2) is 13.6 Å². The van der Waals surface area contributed by atoms with Gasteiger partial charge in [0.25, 0.3) is 5.92 Å². The van der Waals surface area contributed by atoms with E-state index in [2.05, 4.69) is 10.3 Å². The van der Waals surface area contributed by atoms with Crippen LogP contribution in [0.25, 0.3) is 0 Å². The summed E-state index contributed by atoms with van der Waals surface area (Å²) < 4.78 is 48.1. The molecule has 3 unspecified atom stereocenters. The molecular weight excluding hydrogens is 554 g/mol. The molecule has 2 aromatic carbocycles. The van der Waals surface area contributed by atoms with Crippen LogP contribution in [0, 0.1) is 0 Å². The molecule has 0 amide bonds. The highest BCUT2D eigenvalue weighted by Gasteiger charge is 2.51. The largest absolute Gasteiger partial charge is 0.497 e. The van der Waals surface area contributed by atoms with Gasteiger partial charge >= 0.3 is 11.7 Å². The summed E-state index contributed by atoms with van der Waals surface area (Å²) in [5.41, 5.74) is 5.44. The number of methoxy groups -OCH3 is 2. The zero-order valence-corrected chi connectivity index (χ0v) is 24.1. The Morgan fingerprint density at radius 1 is 1.14 bits per heavy atom. The second-order valence-electron chi connectivity index (χ2n) is 8.69. The number of alkyl halides is 2. The highest BCUT2D eigenvalue weighted by molar-refractivity contribution is 5.75. The van der Waals surface area contributed by atoms with Gasteiger partial charge in [0.1, 0.15) is 31.0 Å². The van der Waals surface area contributed by atoms with Crippen LogP contribution >= 0.6 is 0 Å². The lowest BCUT2D eigenvalue weighted by Crippen LogP contribution is -2.35. The number of likely N-dealkylation sites (N-methyl/N-ethyl adjacent to an activating group) is 1. The smallest absolute Gasteiger partial charge is 0.351 e. The van der Waals surface area contributed by atoms with Crippen molar-refractivity contribution in [2.75, 3.05) is 33.6 Å². The van der Waals surface area contributed by atoms with Gasteiger partial charge in [-0.1, -0.05) is 48.5 Å². The van der Waals surface area contributed by atoms with Crippen LogP contribution < -0.4 is 21.5 Å². The summed E-state index contributed by atoms with van der Waals surface area (Å²) >= 11 is 0. The van der Waals surface area contributed by atoms with Crippen molar-refractivity contribution in [3.63, 3.8) is 0 Å². The number of anilines is 1. The Kier molecular flexibility index (Phi) is 16.2. The van der Waals surface area contributed by atoms with Crippen LogP contribution in [0.5, 0.6) is 5.75 Å². The number of esters is 1. The van der Waals surface area contributed by atoms with Gasteiger partial charge in [0, 0.05) is 19.7 Å². The second-order valence-corrected chi connectivity index (χ2v) is 8.69. The van der Waals surface area contributed by atoms with E-state index in [0.717, 1.165) is 22.1 Å². The molecule has 230 valence electrons. The highest BCUT2D eigenvalue weighted by Crippen LogP contribution is 2.41. The number of nitrogens with zero attached hydrogens (tertiary/aromatic N) is 2. The lowest BCUT2D eigenvalue weighted by atomic mass is 10.2. The number of nitrogens with one attached hydrogen (secondary N) is 1. The van der Waals surface area contributed by atoms with Crippen LogP contribution in [0.2, 0.25) is 0 Å². The van der Waals surface area contributed by atoms with Crippen LogP contribution in [0.15, 0.2) is 77.7 Å². The van der Waals surface area contributed by atoms with Crippen molar-refractivity contribution in [2.24, 2.45) is 0 Å². The normalized spacial score (nSPS) is 17.1. The van der Waals surface area contributed by atoms with Crippen LogP contribution in [0.1, 0.15) is 25.1 Å². The standard InChI is InChI=1S/C11H15NO2.C10H13F2N3O3.C7H8O.CH2O/c1-9(12-2)11(13)14-8-10-6-4-3-5-7-10;1-17-5-6-4-10(11,12)8(18-6)15-3-2-7(13)14-9(15)16;1-8-7-5-3-2-4-6-7;1-2/h3-7,9,12H,8H2,1-2H3;2-3,6,8H,4-5H2,1H3,(H2,13,14,16);2-6H,1H3;1H2. The predicted octanol–water partition coefficient (Wildman–Crippen LogP) is 3.24. The molecule has 1 aliphatic heterocycles. The van der Waals surface area contributed by atoms with Gasteiger partial charge in [0.2, 0.25) is 6.23 Å². The molecule has 1 aliphatic rings. The molecule has 13 heteroatoms. The molecule has 1 fully saturated rings. The fourth-order valence-corrected chi connectivity index (χ4v) is 3.42. The zero-order chi connectivity index (χ0) is 31.5. The quantitative estimate of drug-likeness (QED) is 0.374. The van der Waals surface area contributed by atoms with E-state index < -0.39 is 30.4 Å². The first-order valence-corrected chi connectivity index (χ1v) is 12.7. The molecule has 1 saturated heterocycles. The summed E-state index contributed by atoms with van der Waals surface area (Å²) in [6, 6.07) is 20.3. The van der Waals surface area contributed by atoms with Gasteiger partial charge in [0.05, 0.1) is 19.8 Å². The Labute approximate surface area is 243 Å². The molecule has 3 aromatic rings. The highest BCUT2D eigenvalue weighted by atomic mass is 19.3. The lowest BCUT2D eigenvalue weighted by Gasteiger charge is -2.19. The lowest BCUT2D eigenvalue weighted by molar-refractivity contribution is -0.146. The minimum Gasteiger partial charge on any atom is -0.497 e. The molecule has 3 N–H and O–H groups in total. The Hall–Kier alpha value is -4.20. The molecular formula is C29H38F2N4O7. The third kappa shape index (κ3) is 12.1. The summed E-state index contributed by atoms with van der Waals surface area (Å²) in [5, 5.41) is 2.83. The van der Waals surface area contributed by atoms with Crippen molar-refractivity contribution in [3.8, 4) is 5.75 Å². The first-order chi connectivity index (χ1) is 20.1. The van der Waals surface area contributed by atoms with Crippen molar-refractivity contribution in [1.82, 2.24) is 14.9 Å². The molecule has 1 aromatic heterocycles. The fourth-order valence-electron chi connectivity index (χ4n) is 3.42. The van der Waals surface area contributed by atoms with Crippen molar-refractivity contribution in [3.05, 3.63) is 89.0 Å². The fraction of sp³-hybridized carbons (Fsp3) is 0.379. The van der Waals surface area contributed by atoms with Crippen LogP contribution in [-0.2, 0) is 30.4 Å². The van der Waals surface area contributed by atoms with E-state index in [4.69, 9.17) is 29.5 Å². The summed E-state index contributed by atoms with van der Waals surface area (Å²) in [6.45, 7) is 4.16. The number of halogens is 2. The van der Waals surface area contributed by atoms with Gasteiger partial charge in [0.15, 0.2) is 0 Å². The van der Waals surface area contributed by atoms with Gasteiger partial charge < -0.3 is 34.8 Å². The van der Waals surface area contributed by atoms with E-state index in [1.807, 2.05) is 67.5 Å². The molecule has 4 rings (SSSR count). The number of hydrogen-bond donors (Lipinski definition) is 2. The molecule has 3 atom stereocenters. The number of aromatic nitrogens is 2. The minimum absolute atomic E-state index is 0.0222. The van der Waals surface area contributed by atoms with E-state index >= 15 is 0 Å².